The van der Waals surface area contributed by atoms with Crippen LogP contribution in [0.4, 0.5) is 0 Å². The maximum absolute atomic E-state index is 12.8. The predicted octanol–water partition coefficient (Wildman–Crippen LogP) is 5.39. The van der Waals surface area contributed by atoms with Crippen LogP contribution in [0.3, 0.4) is 0 Å². The molecule has 0 aromatic heterocycles. The molecule has 27 heavy (non-hydrogen) atoms. The number of hydrogen-bond donors (Lipinski definition) is 0. The van der Waals surface area contributed by atoms with E-state index in [4.69, 9.17) is 4.84 Å². The Morgan fingerprint density at radius 3 is 2.70 bits per heavy atom. The standard InChI is InChI=1S/C24H25NO2/c1-23(2)18-11-12-19(14-18)24(23)15-21(25-27-24)22(26)13-10-17-8-5-7-16-6-3-4-9-20(16)17/h3-10,13,18-19H,11-12,14-15H2,1-2H3/b13-10+. The second-order valence-electron chi connectivity index (χ2n) is 8.89. The molecule has 1 spiro atoms. The Balaban J connectivity index is 1.37. The van der Waals surface area contributed by atoms with E-state index in [0.29, 0.717) is 24.0 Å². The van der Waals surface area contributed by atoms with Gasteiger partial charge in [-0.25, -0.2) is 0 Å². The quantitative estimate of drug-likeness (QED) is 0.689. The van der Waals surface area contributed by atoms with E-state index in [1.54, 1.807) is 6.08 Å². The number of ketones is 1. The lowest BCUT2D eigenvalue weighted by Gasteiger charge is -2.44. The van der Waals surface area contributed by atoms with Gasteiger partial charge in [0, 0.05) is 17.8 Å². The summed E-state index contributed by atoms with van der Waals surface area (Å²) < 4.78 is 0. The second kappa shape index (κ2) is 5.79. The maximum atomic E-state index is 12.8. The van der Waals surface area contributed by atoms with Crippen LogP contribution >= 0.6 is 0 Å². The summed E-state index contributed by atoms with van der Waals surface area (Å²) in [5, 5.41) is 6.61. The number of hydrogen-bond acceptors (Lipinski definition) is 3. The zero-order valence-corrected chi connectivity index (χ0v) is 15.9. The number of oxime groups is 1. The lowest BCUT2D eigenvalue weighted by Crippen LogP contribution is -2.49. The van der Waals surface area contributed by atoms with E-state index in [2.05, 4.69) is 37.2 Å². The molecule has 5 rings (SSSR count). The van der Waals surface area contributed by atoms with Crippen LogP contribution in [-0.2, 0) is 9.63 Å². The van der Waals surface area contributed by atoms with E-state index in [-0.39, 0.29) is 16.8 Å². The van der Waals surface area contributed by atoms with Gasteiger partial charge in [-0.1, -0.05) is 67.5 Å². The molecule has 3 atom stereocenters. The molecule has 2 aliphatic carbocycles. The van der Waals surface area contributed by atoms with Crippen molar-refractivity contribution in [1.29, 1.82) is 0 Å². The van der Waals surface area contributed by atoms with Crippen LogP contribution in [-0.4, -0.2) is 17.1 Å². The van der Waals surface area contributed by atoms with Gasteiger partial charge in [-0.15, -0.1) is 0 Å². The number of rotatable bonds is 3. The van der Waals surface area contributed by atoms with Gasteiger partial charge in [-0.3, -0.25) is 4.79 Å². The molecule has 0 N–H and O–H groups in total. The summed E-state index contributed by atoms with van der Waals surface area (Å²) in [4.78, 5) is 18.9. The van der Waals surface area contributed by atoms with Crippen LogP contribution in [0, 0.1) is 17.3 Å². The second-order valence-corrected chi connectivity index (χ2v) is 8.89. The van der Waals surface area contributed by atoms with Gasteiger partial charge in [0.1, 0.15) is 5.71 Å². The Morgan fingerprint density at radius 2 is 1.89 bits per heavy atom. The molecule has 2 aromatic rings. The molecule has 2 saturated carbocycles. The first kappa shape index (κ1) is 16.7. The Hall–Kier alpha value is -2.42. The molecule has 2 aromatic carbocycles. The predicted molar refractivity (Wildman–Crippen MR) is 108 cm³/mol. The summed E-state index contributed by atoms with van der Waals surface area (Å²) in [7, 11) is 0. The van der Waals surface area contributed by atoms with Crippen molar-refractivity contribution in [2.24, 2.45) is 22.4 Å². The maximum Gasteiger partial charge on any atom is 0.203 e. The Bertz CT molecular complexity index is 982. The van der Waals surface area contributed by atoms with Crippen LogP contribution < -0.4 is 0 Å². The van der Waals surface area contributed by atoms with Gasteiger partial charge in [0.2, 0.25) is 5.78 Å². The molecule has 138 valence electrons. The molecule has 1 heterocycles. The average molecular weight is 359 g/mol. The fraction of sp³-hybridized carbons (Fsp3) is 0.417. The Kier molecular flexibility index (Phi) is 3.59. The van der Waals surface area contributed by atoms with E-state index in [1.807, 2.05) is 30.3 Å². The number of allylic oxidation sites excluding steroid dienone is 1. The topological polar surface area (TPSA) is 38.7 Å². The minimum absolute atomic E-state index is 0.0293. The third-order valence-electron chi connectivity index (χ3n) is 7.47. The molecule has 0 saturated heterocycles. The van der Waals surface area contributed by atoms with Crippen molar-refractivity contribution in [1.82, 2.24) is 0 Å². The lowest BCUT2D eigenvalue weighted by molar-refractivity contribution is -0.135. The van der Waals surface area contributed by atoms with E-state index >= 15 is 0 Å². The van der Waals surface area contributed by atoms with Gasteiger partial charge in [0.25, 0.3) is 0 Å². The van der Waals surface area contributed by atoms with Gasteiger partial charge >= 0.3 is 0 Å². The first-order valence-electron chi connectivity index (χ1n) is 9.96. The fourth-order valence-corrected chi connectivity index (χ4v) is 5.74. The van der Waals surface area contributed by atoms with Crippen molar-refractivity contribution in [3.63, 3.8) is 0 Å². The average Bonchev–Trinajstić information content (AvgIpc) is 3.37. The van der Waals surface area contributed by atoms with Gasteiger partial charge in [0.15, 0.2) is 5.60 Å². The first-order valence-corrected chi connectivity index (χ1v) is 9.96. The van der Waals surface area contributed by atoms with E-state index < -0.39 is 0 Å². The monoisotopic (exact) mass is 359 g/mol. The SMILES string of the molecule is CC1(C)C2CCC(C2)C12CC(C(=O)/C=C/c1cccc3ccccc13)=NO2. The number of fused-ring (bicyclic) bond motifs is 4. The molecule has 3 aliphatic rings. The molecule has 3 heteroatoms. The number of nitrogens with zero attached hydrogens (tertiary/aromatic N) is 1. The van der Waals surface area contributed by atoms with Gasteiger partial charge in [-0.2, -0.15) is 0 Å². The first-order chi connectivity index (χ1) is 13.0. The number of benzene rings is 2. The molecule has 3 unspecified atom stereocenters. The van der Waals surface area contributed by atoms with Crippen LogP contribution in [0.15, 0.2) is 53.7 Å². The van der Waals surface area contributed by atoms with Gasteiger partial charge in [-0.05, 0) is 47.6 Å². The molecular weight excluding hydrogens is 334 g/mol. The van der Waals surface area contributed by atoms with E-state index in [9.17, 15) is 4.79 Å². The Morgan fingerprint density at radius 1 is 1.11 bits per heavy atom. The highest BCUT2D eigenvalue weighted by molar-refractivity contribution is 6.45. The third-order valence-corrected chi connectivity index (χ3v) is 7.47. The van der Waals surface area contributed by atoms with Crippen molar-refractivity contribution in [2.75, 3.05) is 0 Å². The lowest BCUT2D eigenvalue weighted by atomic mass is 9.63. The molecule has 2 fully saturated rings. The van der Waals surface area contributed by atoms with Gasteiger partial charge in [0.05, 0.1) is 0 Å². The smallest absolute Gasteiger partial charge is 0.203 e. The molecule has 3 nitrogen and oxygen atoms in total. The van der Waals surface area contributed by atoms with Crippen molar-refractivity contribution >= 4 is 28.3 Å². The molecular formula is C24H25NO2. The number of carbonyl (C=O) groups excluding carboxylic acids is 1. The van der Waals surface area contributed by atoms with Crippen LogP contribution in [0.2, 0.25) is 0 Å². The van der Waals surface area contributed by atoms with Crippen molar-refractivity contribution in [3.05, 3.63) is 54.1 Å². The minimum atomic E-state index is -0.270. The van der Waals surface area contributed by atoms with Crippen molar-refractivity contribution < 1.29 is 9.63 Å². The summed E-state index contributed by atoms with van der Waals surface area (Å²) in [5.41, 5.74) is 1.44. The van der Waals surface area contributed by atoms with Crippen LogP contribution in [0.1, 0.15) is 45.1 Å². The normalized spacial score (nSPS) is 31.0. The number of carbonyl (C=O) groups is 1. The summed E-state index contributed by atoms with van der Waals surface area (Å²) in [6.07, 6.45) is 7.92. The van der Waals surface area contributed by atoms with Crippen LogP contribution in [0.5, 0.6) is 0 Å². The molecule has 2 bridgehead atoms. The van der Waals surface area contributed by atoms with Crippen molar-refractivity contribution in [3.8, 4) is 0 Å². The van der Waals surface area contributed by atoms with Gasteiger partial charge < -0.3 is 4.84 Å². The molecule has 0 radical (unpaired) electrons. The fourth-order valence-electron chi connectivity index (χ4n) is 5.74. The molecule has 0 amide bonds. The summed E-state index contributed by atoms with van der Waals surface area (Å²) >= 11 is 0. The highest BCUT2D eigenvalue weighted by Gasteiger charge is 2.67. The highest BCUT2D eigenvalue weighted by atomic mass is 16.7. The Labute approximate surface area is 160 Å². The zero-order valence-electron chi connectivity index (χ0n) is 15.9. The summed E-state index contributed by atoms with van der Waals surface area (Å²) in [6, 6.07) is 14.4. The molecule has 1 aliphatic heterocycles. The van der Waals surface area contributed by atoms with Crippen LogP contribution in [0.25, 0.3) is 16.8 Å². The van der Waals surface area contributed by atoms with E-state index in [0.717, 1.165) is 10.9 Å². The van der Waals surface area contributed by atoms with Crippen molar-refractivity contribution in [2.45, 2.75) is 45.1 Å². The minimum Gasteiger partial charge on any atom is -0.388 e. The third kappa shape index (κ3) is 2.33. The largest absolute Gasteiger partial charge is 0.388 e. The zero-order chi connectivity index (χ0) is 18.6. The summed E-state index contributed by atoms with van der Waals surface area (Å²) in [5.74, 6) is 1.20. The summed E-state index contributed by atoms with van der Waals surface area (Å²) in [6.45, 7) is 4.59. The highest BCUT2D eigenvalue weighted by Crippen LogP contribution is 2.65. The van der Waals surface area contributed by atoms with E-state index in [1.165, 1.54) is 24.6 Å².